The Bertz CT molecular complexity index is 23.6. The Morgan fingerprint density at radius 3 is 2.20 bits per heavy atom. The van der Waals surface area contributed by atoms with Crippen LogP contribution in [0.2, 0.25) is 0 Å². The maximum atomic E-state index is 5.27. The molecule has 30 valence electrons. The summed E-state index contributed by atoms with van der Waals surface area (Å²) in [6.07, 6.45) is 0. The molecule has 0 heterocycles. The molecule has 0 amide bonds. The molecule has 5 heavy (non-hydrogen) atoms. The fourth-order valence-electron chi connectivity index (χ4n) is 0. The monoisotopic (exact) mass is 108 g/mol. The average molecular weight is 109 g/mol. The molecular weight excluding hydrogens is 102 g/mol. The highest BCUT2D eigenvalue weighted by Gasteiger charge is 1.81. The standard InChI is InChI=1S/C2H4ClO.Al.2H/c1-2(3)4;;;/h2H,1H3;;;/q-1;+1;;. The SMILES string of the molecule is CC(Cl)[O][AlH2]. The van der Waals surface area contributed by atoms with Crippen LogP contribution in [0.4, 0.5) is 0 Å². The number of hydrogen-bond donors (Lipinski definition) is 0. The topological polar surface area (TPSA) is 9.23 Å². The lowest BCUT2D eigenvalue weighted by atomic mass is 10.9. The quantitative estimate of drug-likeness (QED) is 0.343. The van der Waals surface area contributed by atoms with E-state index in [2.05, 4.69) is 3.79 Å². The second-order valence-corrected chi connectivity index (χ2v) is 1.86. The van der Waals surface area contributed by atoms with Crippen LogP contribution in [0.1, 0.15) is 6.92 Å². The van der Waals surface area contributed by atoms with Crippen molar-refractivity contribution in [2.75, 3.05) is 0 Å². The number of rotatable bonds is 1. The average Bonchev–Trinajstić information content (AvgIpc) is 1.38. The predicted octanol–water partition coefficient (Wildman–Crippen LogP) is 0.136. The summed E-state index contributed by atoms with van der Waals surface area (Å²) in [5, 5.41) is 0. The molecule has 0 aromatic heterocycles. The number of alkyl halides is 1. The van der Waals surface area contributed by atoms with E-state index in [9.17, 15) is 0 Å². The van der Waals surface area contributed by atoms with Crippen molar-refractivity contribution in [2.24, 2.45) is 0 Å². The summed E-state index contributed by atoms with van der Waals surface area (Å²) in [5.74, 6) is 0. The van der Waals surface area contributed by atoms with Crippen LogP contribution in [0.15, 0.2) is 0 Å². The van der Waals surface area contributed by atoms with Crippen LogP contribution in [0.3, 0.4) is 0 Å². The van der Waals surface area contributed by atoms with Gasteiger partial charge in [-0.25, -0.2) is 0 Å². The van der Waals surface area contributed by atoms with Crippen LogP contribution in [0.5, 0.6) is 0 Å². The van der Waals surface area contributed by atoms with Gasteiger partial charge < -0.3 is 3.79 Å². The Hall–Kier alpha value is 0.782. The molecule has 0 fully saturated rings. The van der Waals surface area contributed by atoms with Crippen molar-refractivity contribution in [3.05, 3.63) is 0 Å². The summed E-state index contributed by atoms with van der Waals surface area (Å²) < 4.78 is 4.65. The van der Waals surface area contributed by atoms with Crippen molar-refractivity contribution >= 4 is 28.2 Å². The minimum absolute atomic E-state index is 0.0818. The first-order chi connectivity index (χ1) is 2.27. The molecule has 0 aromatic rings. The van der Waals surface area contributed by atoms with Crippen LogP contribution in [0.25, 0.3) is 0 Å². The molecule has 0 saturated heterocycles. The lowest BCUT2D eigenvalue weighted by Gasteiger charge is -1.94. The molecule has 0 aliphatic rings. The summed E-state index contributed by atoms with van der Waals surface area (Å²) in [6.45, 7) is 1.80. The fourth-order valence-corrected chi connectivity index (χ4v) is 0. The second kappa shape index (κ2) is 2.99. The van der Waals surface area contributed by atoms with Gasteiger partial charge in [-0.3, -0.25) is 0 Å². The van der Waals surface area contributed by atoms with Gasteiger partial charge in [-0.05, 0) is 6.92 Å². The van der Waals surface area contributed by atoms with Crippen molar-refractivity contribution in [1.82, 2.24) is 0 Å². The van der Waals surface area contributed by atoms with Gasteiger partial charge in [-0.2, -0.15) is 0 Å². The van der Waals surface area contributed by atoms with E-state index < -0.39 is 0 Å². The number of hydrogen-bond acceptors (Lipinski definition) is 1. The first-order valence-corrected chi connectivity index (χ1v) is 2.69. The molecule has 0 rings (SSSR count). The van der Waals surface area contributed by atoms with Crippen molar-refractivity contribution in [2.45, 2.75) is 12.5 Å². The van der Waals surface area contributed by atoms with E-state index in [1.54, 1.807) is 6.92 Å². The molecule has 1 unspecified atom stereocenters. The van der Waals surface area contributed by atoms with Crippen LogP contribution in [-0.2, 0) is 3.79 Å². The Labute approximate surface area is 45.0 Å². The van der Waals surface area contributed by atoms with Gasteiger partial charge in [0, 0.05) is 0 Å². The minimum atomic E-state index is -0.0818. The Morgan fingerprint density at radius 2 is 2.20 bits per heavy atom. The zero-order chi connectivity index (χ0) is 4.28. The molecule has 0 aliphatic heterocycles. The second-order valence-electron chi connectivity index (χ2n) is 0.779. The summed E-state index contributed by atoms with van der Waals surface area (Å²) >= 11 is 6.02. The summed E-state index contributed by atoms with van der Waals surface area (Å²) in [5.41, 5.74) is -0.0818. The lowest BCUT2D eigenvalue weighted by Crippen LogP contribution is -1.91. The number of halogens is 1. The van der Waals surface area contributed by atoms with Crippen molar-refractivity contribution < 1.29 is 3.79 Å². The van der Waals surface area contributed by atoms with E-state index in [0.29, 0.717) is 0 Å². The Morgan fingerprint density at radius 1 is 2.00 bits per heavy atom. The highest BCUT2D eigenvalue weighted by Crippen LogP contribution is 1.88. The van der Waals surface area contributed by atoms with Gasteiger partial charge in [0.1, 0.15) is 0 Å². The van der Waals surface area contributed by atoms with Crippen molar-refractivity contribution in [3.8, 4) is 0 Å². The zero-order valence-electron chi connectivity index (χ0n) is 3.36. The summed E-state index contributed by atoms with van der Waals surface area (Å²) in [6, 6.07) is 0. The lowest BCUT2D eigenvalue weighted by molar-refractivity contribution is 0.332. The molecule has 0 aromatic carbocycles. The van der Waals surface area contributed by atoms with Crippen LogP contribution in [0, 0.1) is 0 Å². The molecular formula is C2H6AlClO. The Balaban J connectivity index is 2.54. The highest BCUT2D eigenvalue weighted by molar-refractivity contribution is 6.20. The molecule has 0 saturated carbocycles. The smallest absolute Gasteiger partial charge is 0.411 e. The summed E-state index contributed by atoms with van der Waals surface area (Å²) in [4.78, 5) is 0. The first-order valence-electron chi connectivity index (χ1n) is 1.44. The predicted molar refractivity (Wildman–Crippen MR) is 24.9 cm³/mol. The third-order valence-corrected chi connectivity index (χ3v) is 1.51. The van der Waals surface area contributed by atoms with Gasteiger partial charge in [0.2, 0.25) is 0 Å². The van der Waals surface area contributed by atoms with E-state index >= 15 is 0 Å². The third kappa shape index (κ3) is 4.78. The molecule has 1 nitrogen and oxygen atoms in total. The zero-order valence-corrected chi connectivity index (χ0v) is 6.12. The van der Waals surface area contributed by atoms with Gasteiger partial charge in [0.15, 0.2) is 0 Å². The van der Waals surface area contributed by atoms with E-state index in [1.807, 2.05) is 0 Å². The normalized spacial score (nSPS) is 14.8. The largest absolute Gasteiger partial charge is 0.493 e. The maximum absolute atomic E-state index is 5.27. The molecule has 0 spiro atoms. The van der Waals surface area contributed by atoms with E-state index in [4.69, 9.17) is 11.6 Å². The first kappa shape index (κ1) is 5.78. The fraction of sp³-hybridized carbons (Fsp3) is 1.00. The van der Waals surface area contributed by atoms with Crippen LogP contribution in [-0.4, -0.2) is 22.2 Å². The molecule has 0 radical (unpaired) electrons. The van der Waals surface area contributed by atoms with Gasteiger partial charge in [-0.1, -0.05) is 11.6 Å². The van der Waals surface area contributed by atoms with Gasteiger partial charge in [0.25, 0.3) is 0 Å². The molecule has 0 aliphatic carbocycles. The molecule has 0 N–H and O–H groups in total. The highest BCUT2D eigenvalue weighted by atomic mass is 35.5. The molecule has 1 atom stereocenters. The van der Waals surface area contributed by atoms with E-state index in [0.717, 1.165) is 16.6 Å². The summed E-state index contributed by atoms with van der Waals surface area (Å²) in [7, 11) is 0. The van der Waals surface area contributed by atoms with E-state index in [1.165, 1.54) is 0 Å². The molecule has 3 heteroatoms. The van der Waals surface area contributed by atoms with Crippen molar-refractivity contribution in [1.29, 1.82) is 0 Å². The maximum Gasteiger partial charge on any atom is 0.411 e. The minimum Gasteiger partial charge on any atom is -0.493 e. The molecule has 0 bridgehead atoms. The van der Waals surface area contributed by atoms with Crippen molar-refractivity contribution in [3.63, 3.8) is 0 Å². The Kier molecular flexibility index (Phi) is 3.46. The van der Waals surface area contributed by atoms with Crippen LogP contribution < -0.4 is 0 Å². The van der Waals surface area contributed by atoms with Gasteiger partial charge >= 0.3 is 16.6 Å². The van der Waals surface area contributed by atoms with E-state index in [-0.39, 0.29) is 5.56 Å². The van der Waals surface area contributed by atoms with Crippen LogP contribution >= 0.6 is 11.6 Å². The van der Waals surface area contributed by atoms with Gasteiger partial charge in [0.05, 0.1) is 5.56 Å². The third-order valence-electron chi connectivity index (χ3n) is 0.325. The van der Waals surface area contributed by atoms with Gasteiger partial charge in [-0.15, -0.1) is 0 Å².